The summed E-state index contributed by atoms with van der Waals surface area (Å²) >= 11 is 0. The molecule has 1 fully saturated rings. The minimum atomic E-state index is -0.935. The smallest absolute Gasteiger partial charge is 0.329 e. The molecule has 11 heteroatoms. The van der Waals surface area contributed by atoms with Gasteiger partial charge >= 0.3 is 11.8 Å². The van der Waals surface area contributed by atoms with E-state index in [0.29, 0.717) is 68.0 Å². The van der Waals surface area contributed by atoms with Crippen molar-refractivity contribution in [3.63, 3.8) is 0 Å². The molecule has 0 spiro atoms. The number of hydrogen-bond acceptors (Lipinski definition) is 8. The van der Waals surface area contributed by atoms with Crippen LogP contribution in [-0.4, -0.2) is 75.0 Å². The number of benzene rings is 2. The first-order valence-electron chi connectivity index (χ1n) is 11.7. The molecule has 1 heterocycles. The number of carbonyl (C=O) groups excluding carboxylic acids is 3. The Hall–Kier alpha value is -4.38. The van der Waals surface area contributed by atoms with Crippen molar-refractivity contribution in [1.29, 1.82) is 0 Å². The number of ether oxygens (including phenoxy) is 4. The van der Waals surface area contributed by atoms with Crippen molar-refractivity contribution in [1.82, 2.24) is 10.3 Å². The van der Waals surface area contributed by atoms with Gasteiger partial charge in [-0.3, -0.25) is 14.4 Å². The molecule has 0 atom stereocenters. The molecule has 0 aliphatic carbocycles. The van der Waals surface area contributed by atoms with Gasteiger partial charge in [-0.15, -0.1) is 0 Å². The van der Waals surface area contributed by atoms with Gasteiger partial charge in [0.25, 0.3) is 5.91 Å². The molecule has 2 N–H and O–H groups in total. The van der Waals surface area contributed by atoms with E-state index in [1.165, 1.54) is 6.21 Å². The van der Waals surface area contributed by atoms with Crippen molar-refractivity contribution in [2.24, 2.45) is 5.10 Å². The monoisotopic (exact) mass is 510 g/mol. The molecule has 2 aromatic rings. The number of anilines is 1. The van der Waals surface area contributed by atoms with Crippen LogP contribution >= 0.6 is 0 Å². The maximum atomic E-state index is 12.3. The Morgan fingerprint density at radius 1 is 1.03 bits per heavy atom. The van der Waals surface area contributed by atoms with Crippen LogP contribution in [0.15, 0.2) is 60.2 Å². The minimum absolute atomic E-state index is 0.122. The zero-order valence-electron chi connectivity index (χ0n) is 20.6. The average Bonchev–Trinajstić information content (AvgIpc) is 2.92. The fourth-order valence-corrected chi connectivity index (χ4v) is 3.23. The predicted molar refractivity (Wildman–Crippen MR) is 137 cm³/mol. The first-order chi connectivity index (χ1) is 18.0. The van der Waals surface area contributed by atoms with Gasteiger partial charge in [0.15, 0.2) is 18.1 Å². The summed E-state index contributed by atoms with van der Waals surface area (Å²) in [6.07, 6.45) is 2.98. The predicted octanol–water partition coefficient (Wildman–Crippen LogP) is 1.98. The molecule has 1 aliphatic heterocycles. The maximum Gasteiger partial charge on any atom is 0.329 e. The number of amides is 3. The molecule has 0 saturated carbocycles. The lowest BCUT2D eigenvalue weighted by atomic mass is 10.2. The van der Waals surface area contributed by atoms with Crippen LogP contribution in [0.5, 0.6) is 17.2 Å². The molecule has 3 amide bonds. The fraction of sp³-hybridized carbons (Fsp3) is 0.308. The molecular weight excluding hydrogens is 480 g/mol. The van der Waals surface area contributed by atoms with E-state index >= 15 is 0 Å². The van der Waals surface area contributed by atoms with E-state index in [9.17, 15) is 14.4 Å². The molecule has 3 rings (SSSR count). The third-order valence-electron chi connectivity index (χ3n) is 5.05. The standard InChI is InChI=1S/C26H30N4O7/c1-3-13-36-21-8-6-20(7-9-21)28-25(32)26(33)29-27-17-19-5-10-22(23(16-19)35-4-2)37-18-24(31)30-11-14-34-15-12-30/h3,5-10,16-17H,1,4,11-15,18H2,2H3,(H,28,32)(H,29,33)/b27-17-. The van der Waals surface area contributed by atoms with Crippen LogP contribution in [0, 0.1) is 0 Å². The number of nitrogens with one attached hydrogen (secondary N) is 2. The lowest BCUT2D eigenvalue weighted by Crippen LogP contribution is -2.43. The summed E-state index contributed by atoms with van der Waals surface area (Å²) in [4.78, 5) is 38.2. The van der Waals surface area contributed by atoms with Crippen LogP contribution in [0.1, 0.15) is 12.5 Å². The van der Waals surface area contributed by atoms with Crippen LogP contribution in [0.4, 0.5) is 5.69 Å². The quantitative estimate of drug-likeness (QED) is 0.205. The van der Waals surface area contributed by atoms with Crippen molar-refractivity contribution >= 4 is 29.6 Å². The number of hydrogen-bond donors (Lipinski definition) is 2. The lowest BCUT2D eigenvalue weighted by Gasteiger charge is -2.26. The van der Waals surface area contributed by atoms with Gasteiger partial charge in [0.2, 0.25) is 0 Å². The summed E-state index contributed by atoms with van der Waals surface area (Å²) < 4.78 is 21.9. The Morgan fingerprint density at radius 3 is 2.49 bits per heavy atom. The highest BCUT2D eigenvalue weighted by molar-refractivity contribution is 6.39. The maximum absolute atomic E-state index is 12.3. The Bertz CT molecular complexity index is 1110. The van der Waals surface area contributed by atoms with Crippen LogP contribution in [0.2, 0.25) is 0 Å². The number of carbonyl (C=O) groups is 3. The highest BCUT2D eigenvalue weighted by atomic mass is 16.5. The van der Waals surface area contributed by atoms with E-state index in [1.807, 2.05) is 6.92 Å². The molecule has 37 heavy (non-hydrogen) atoms. The second-order valence-corrected chi connectivity index (χ2v) is 7.70. The van der Waals surface area contributed by atoms with Crippen molar-refractivity contribution in [3.05, 3.63) is 60.7 Å². The van der Waals surface area contributed by atoms with E-state index in [0.717, 1.165) is 0 Å². The summed E-state index contributed by atoms with van der Waals surface area (Å²) in [6, 6.07) is 11.5. The summed E-state index contributed by atoms with van der Waals surface area (Å²) in [5, 5.41) is 6.31. The third-order valence-corrected chi connectivity index (χ3v) is 5.05. The van der Waals surface area contributed by atoms with Crippen LogP contribution in [0.3, 0.4) is 0 Å². The summed E-state index contributed by atoms with van der Waals surface area (Å²) in [5.74, 6) is -0.501. The first-order valence-corrected chi connectivity index (χ1v) is 11.7. The van der Waals surface area contributed by atoms with E-state index in [-0.39, 0.29) is 12.5 Å². The zero-order chi connectivity index (χ0) is 26.5. The fourth-order valence-electron chi connectivity index (χ4n) is 3.23. The van der Waals surface area contributed by atoms with Gasteiger partial charge in [0.05, 0.1) is 26.0 Å². The molecular formula is C26H30N4O7. The van der Waals surface area contributed by atoms with Crippen LogP contribution in [-0.2, 0) is 19.1 Å². The molecule has 0 unspecified atom stereocenters. The molecule has 1 aliphatic rings. The SMILES string of the molecule is C=CCOc1ccc(NC(=O)C(=O)N/N=C\c2ccc(OCC(=O)N3CCOCC3)c(OCC)c2)cc1. The summed E-state index contributed by atoms with van der Waals surface area (Å²) in [7, 11) is 0. The summed E-state index contributed by atoms with van der Waals surface area (Å²) in [6.45, 7) is 8.13. The molecule has 11 nitrogen and oxygen atoms in total. The van der Waals surface area contributed by atoms with Crippen molar-refractivity contribution in [2.45, 2.75) is 6.92 Å². The Morgan fingerprint density at radius 2 is 1.78 bits per heavy atom. The Balaban J connectivity index is 1.51. The normalized spacial score (nSPS) is 13.1. The van der Waals surface area contributed by atoms with Crippen molar-refractivity contribution in [2.75, 3.05) is 51.4 Å². The number of morpholine rings is 1. The van der Waals surface area contributed by atoms with Gasteiger partial charge < -0.3 is 29.2 Å². The van der Waals surface area contributed by atoms with Gasteiger partial charge in [0, 0.05) is 18.8 Å². The topological polar surface area (TPSA) is 128 Å². The molecule has 0 radical (unpaired) electrons. The first kappa shape index (κ1) is 27.2. The molecule has 196 valence electrons. The average molecular weight is 511 g/mol. The highest BCUT2D eigenvalue weighted by Gasteiger charge is 2.18. The molecule has 0 bridgehead atoms. The second-order valence-electron chi connectivity index (χ2n) is 7.70. The summed E-state index contributed by atoms with van der Waals surface area (Å²) in [5.41, 5.74) is 3.20. The van der Waals surface area contributed by atoms with Gasteiger partial charge in [0.1, 0.15) is 12.4 Å². The second kappa shape index (κ2) is 14.2. The third kappa shape index (κ3) is 8.65. The van der Waals surface area contributed by atoms with Gasteiger partial charge in [-0.2, -0.15) is 5.10 Å². The molecule has 0 aromatic heterocycles. The van der Waals surface area contributed by atoms with Gasteiger partial charge in [-0.25, -0.2) is 5.43 Å². The highest BCUT2D eigenvalue weighted by Crippen LogP contribution is 2.28. The van der Waals surface area contributed by atoms with Crippen molar-refractivity contribution in [3.8, 4) is 17.2 Å². The van der Waals surface area contributed by atoms with Crippen molar-refractivity contribution < 1.29 is 33.3 Å². The lowest BCUT2D eigenvalue weighted by molar-refractivity contribution is -0.137. The molecule has 2 aromatic carbocycles. The Labute approximate surface area is 215 Å². The number of hydrazone groups is 1. The van der Waals surface area contributed by atoms with E-state index in [2.05, 4.69) is 22.4 Å². The molecule has 1 saturated heterocycles. The van der Waals surface area contributed by atoms with E-state index in [1.54, 1.807) is 53.4 Å². The van der Waals surface area contributed by atoms with Crippen LogP contribution < -0.4 is 25.0 Å². The largest absolute Gasteiger partial charge is 0.490 e. The van der Waals surface area contributed by atoms with Gasteiger partial charge in [-0.1, -0.05) is 12.7 Å². The number of rotatable bonds is 11. The Kier molecular flexibility index (Phi) is 10.5. The van der Waals surface area contributed by atoms with Gasteiger partial charge in [-0.05, 0) is 55.0 Å². The van der Waals surface area contributed by atoms with E-state index < -0.39 is 11.8 Å². The zero-order valence-corrected chi connectivity index (χ0v) is 20.6. The van der Waals surface area contributed by atoms with E-state index in [4.69, 9.17) is 18.9 Å². The minimum Gasteiger partial charge on any atom is -0.490 e. The number of nitrogens with zero attached hydrogens (tertiary/aromatic N) is 2. The van der Waals surface area contributed by atoms with Crippen LogP contribution in [0.25, 0.3) is 0 Å².